The van der Waals surface area contributed by atoms with Crippen molar-refractivity contribution in [1.82, 2.24) is 9.78 Å². The molecule has 0 aliphatic heterocycles. The number of hydrogen-bond donors (Lipinski definition) is 2. The Morgan fingerprint density at radius 3 is 3.21 bits per heavy atom. The molecule has 4 nitrogen and oxygen atoms in total. The van der Waals surface area contributed by atoms with Crippen molar-refractivity contribution in [2.75, 3.05) is 0 Å². The van der Waals surface area contributed by atoms with Gasteiger partial charge in [-0.05, 0) is 31.7 Å². The zero-order chi connectivity index (χ0) is 10.1. The minimum Gasteiger partial charge on any atom is -0.387 e. The van der Waals surface area contributed by atoms with Gasteiger partial charge in [0.25, 0.3) is 0 Å². The summed E-state index contributed by atoms with van der Waals surface area (Å²) in [7, 11) is 0. The molecule has 0 spiro atoms. The lowest BCUT2D eigenvalue weighted by molar-refractivity contribution is 0.527. The van der Waals surface area contributed by atoms with Crippen LogP contribution in [0.25, 0.3) is 0 Å². The van der Waals surface area contributed by atoms with Crippen LogP contribution in [0.15, 0.2) is 6.20 Å². The first kappa shape index (κ1) is 9.24. The summed E-state index contributed by atoms with van der Waals surface area (Å²) >= 11 is 0. The third-order valence-corrected chi connectivity index (χ3v) is 2.98. The monoisotopic (exact) mass is 192 g/mol. The molecule has 76 valence electrons. The van der Waals surface area contributed by atoms with Crippen molar-refractivity contribution in [2.45, 2.75) is 32.7 Å². The molecule has 0 unspecified atom stereocenters. The number of hydrogen-bond acceptors (Lipinski definition) is 2. The summed E-state index contributed by atoms with van der Waals surface area (Å²) in [5.74, 6) is 0.545. The van der Waals surface area contributed by atoms with E-state index >= 15 is 0 Å². The van der Waals surface area contributed by atoms with Crippen LogP contribution in [-0.4, -0.2) is 15.6 Å². The molecule has 0 amide bonds. The topological polar surface area (TPSA) is 67.7 Å². The fraction of sp³-hybridized carbons (Fsp3) is 0.600. The molecule has 14 heavy (non-hydrogen) atoms. The minimum absolute atomic E-state index is 0.226. The fourth-order valence-electron chi connectivity index (χ4n) is 2.10. The van der Waals surface area contributed by atoms with E-state index in [1.54, 1.807) is 0 Å². The lowest BCUT2D eigenvalue weighted by atomic mass is 9.87. The van der Waals surface area contributed by atoms with Crippen LogP contribution in [0.2, 0.25) is 0 Å². The van der Waals surface area contributed by atoms with Gasteiger partial charge < -0.3 is 5.73 Å². The van der Waals surface area contributed by atoms with Gasteiger partial charge in [0.2, 0.25) is 0 Å². The van der Waals surface area contributed by atoms with Crippen LogP contribution in [0.5, 0.6) is 0 Å². The van der Waals surface area contributed by atoms with Gasteiger partial charge in [0.05, 0.1) is 12.0 Å². The van der Waals surface area contributed by atoms with Crippen LogP contribution in [0.1, 0.15) is 24.6 Å². The van der Waals surface area contributed by atoms with Gasteiger partial charge >= 0.3 is 0 Å². The highest BCUT2D eigenvalue weighted by molar-refractivity contribution is 5.80. The van der Waals surface area contributed by atoms with Crippen LogP contribution < -0.4 is 5.73 Å². The van der Waals surface area contributed by atoms with Gasteiger partial charge in [0.15, 0.2) is 0 Å². The second-order valence-corrected chi connectivity index (χ2v) is 3.83. The molecule has 0 saturated heterocycles. The molecule has 0 radical (unpaired) electrons. The molecule has 1 heterocycles. The molecule has 0 aromatic carbocycles. The molecule has 1 atom stereocenters. The first-order valence-corrected chi connectivity index (χ1v) is 5.09. The lowest BCUT2D eigenvalue weighted by Gasteiger charge is -2.21. The summed E-state index contributed by atoms with van der Waals surface area (Å²) in [4.78, 5) is 0. The van der Waals surface area contributed by atoms with Crippen molar-refractivity contribution in [1.29, 1.82) is 5.41 Å². The highest BCUT2D eigenvalue weighted by Gasteiger charge is 2.23. The van der Waals surface area contributed by atoms with Crippen LogP contribution in [0.4, 0.5) is 0 Å². The van der Waals surface area contributed by atoms with Crippen molar-refractivity contribution < 1.29 is 0 Å². The zero-order valence-electron chi connectivity index (χ0n) is 8.45. The van der Waals surface area contributed by atoms with Crippen molar-refractivity contribution in [3.8, 4) is 0 Å². The van der Waals surface area contributed by atoms with Gasteiger partial charge in [-0.3, -0.25) is 10.1 Å². The standard InChI is InChI=1S/C10H16N4/c1-2-14-9-5-7(10(11)12)3-4-8(9)6-13-14/h6-7H,2-5H2,1H3,(H3,11,12)/t7-/m0/s1. The van der Waals surface area contributed by atoms with Crippen molar-refractivity contribution in [3.63, 3.8) is 0 Å². The van der Waals surface area contributed by atoms with Gasteiger partial charge in [-0.1, -0.05) is 0 Å². The molecule has 0 saturated carbocycles. The van der Waals surface area contributed by atoms with Crippen LogP contribution in [-0.2, 0) is 19.4 Å². The molecule has 0 fully saturated rings. The number of nitrogens with zero attached hydrogens (tertiary/aromatic N) is 2. The van der Waals surface area contributed by atoms with Crippen molar-refractivity contribution >= 4 is 5.84 Å². The Labute approximate surface area is 83.6 Å². The first-order chi connectivity index (χ1) is 6.72. The predicted octanol–water partition coefficient (Wildman–Crippen LogP) is 0.944. The number of fused-ring (bicyclic) bond motifs is 1. The van der Waals surface area contributed by atoms with Crippen LogP contribution in [0.3, 0.4) is 0 Å². The van der Waals surface area contributed by atoms with E-state index < -0.39 is 0 Å². The van der Waals surface area contributed by atoms with Gasteiger partial charge in [0, 0.05) is 18.2 Å². The molecule has 4 heteroatoms. The largest absolute Gasteiger partial charge is 0.387 e. The van der Waals surface area contributed by atoms with E-state index in [4.69, 9.17) is 11.1 Å². The molecular formula is C10H16N4. The Kier molecular flexibility index (Phi) is 2.27. The first-order valence-electron chi connectivity index (χ1n) is 5.09. The molecule has 0 bridgehead atoms. The van der Waals surface area contributed by atoms with Gasteiger partial charge in [-0.2, -0.15) is 5.10 Å². The highest BCUT2D eigenvalue weighted by Crippen LogP contribution is 2.25. The maximum Gasteiger partial charge on any atom is 0.0941 e. The Balaban J connectivity index is 2.27. The normalized spacial score (nSPS) is 20.5. The van der Waals surface area contributed by atoms with Crippen molar-refractivity contribution in [2.24, 2.45) is 11.7 Å². The Hall–Kier alpha value is -1.32. The van der Waals surface area contributed by atoms with E-state index in [2.05, 4.69) is 12.0 Å². The molecule has 1 aliphatic rings. The Bertz CT molecular complexity index is 340. The maximum absolute atomic E-state index is 7.46. The quantitative estimate of drug-likeness (QED) is 0.541. The average molecular weight is 192 g/mol. The van der Waals surface area contributed by atoms with Crippen LogP contribution >= 0.6 is 0 Å². The molecule has 2 rings (SSSR count). The predicted molar refractivity (Wildman–Crippen MR) is 55.3 cm³/mol. The SMILES string of the molecule is CCn1ncc2c1C[C@@H](C(=N)N)CC2. The number of aryl methyl sites for hydroxylation is 2. The zero-order valence-corrected chi connectivity index (χ0v) is 8.45. The maximum atomic E-state index is 7.46. The highest BCUT2D eigenvalue weighted by atomic mass is 15.3. The Morgan fingerprint density at radius 2 is 2.57 bits per heavy atom. The van der Waals surface area contributed by atoms with E-state index in [-0.39, 0.29) is 5.92 Å². The van der Waals surface area contributed by atoms with Crippen LogP contribution in [0, 0.1) is 11.3 Å². The number of nitrogens with two attached hydrogens (primary N) is 1. The second kappa shape index (κ2) is 3.44. The summed E-state index contributed by atoms with van der Waals surface area (Å²) < 4.78 is 2.02. The average Bonchev–Trinajstić information content (AvgIpc) is 2.59. The summed E-state index contributed by atoms with van der Waals surface area (Å²) in [5.41, 5.74) is 8.15. The molecule has 1 aliphatic carbocycles. The summed E-state index contributed by atoms with van der Waals surface area (Å²) in [6, 6.07) is 0. The third kappa shape index (κ3) is 1.41. The van der Waals surface area contributed by atoms with Crippen molar-refractivity contribution in [3.05, 3.63) is 17.5 Å². The smallest absolute Gasteiger partial charge is 0.0941 e. The summed E-state index contributed by atoms with van der Waals surface area (Å²) in [5, 5.41) is 11.8. The molecular weight excluding hydrogens is 176 g/mol. The summed E-state index contributed by atoms with van der Waals surface area (Å²) in [6.45, 7) is 2.99. The second-order valence-electron chi connectivity index (χ2n) is 3.83. The van der Waals surface area contributed by atoms with Gasteiger partial charge in [0.1, 0.15) is 0 Å². The number of amidine groups is 1. The van der Waals surface area contributed by atoms with Gasteiger partial charge in [-0.15, -0.1) is 0 Å². The number of nitrogens with one attached hydrogen (secondary N) is 1. The summed E-state index contributed by atoms with van der Waals surface area (Å²) in [6.07, 6.45) is 4.85. The van der Waals surface area contributed by atoms with E-state index in [0.717, 1.165) is 25.8 Å². The number of aromatic nitrogens is 2. The third-order valence-electron chi connectivity index (χ3n) is 2.98. The fourth-order valence-corrected chi connectivity index (χ4v) is 2.10. The Morgan fingerprint density at radius 1 is 1.79 bits per heavy atom. The van der Waals surface area contributed by atoms with E-state index in [1.165, 1.54) is 11.3 Å². The number of rotatable bonds is 2. The molecule has 1 aromatic rings. The molecule has 3 N–H and O–H groups in total. The van der Waals surface area contributed by atoms with E-state index in [1.807, 2.05) is 10.9 Å². The van der Waals surface area contributed by atoms with Gasteiger partial charge in [-0.25, -0.2) is 0 Å². The van der Waals surface area contributed by atoms with E-state index in [9.17, 15) is 0 Å². The minimum atomic E-state index is 0.226. The molecule has 1 aromatic heterocycles. The lowest BCUT2D eigenvalue weighted by Crippen LogP contribution is -2.28. The van der Waals surface area contributed by atoms with E-state index in [0.29, 0.717) is 5.84 Å².